The first-order valence-electron chi connectivity index (χ1n) is 16.1. The Kier molecular flexibility index (Phi) is 5.69. The number of ether oxygens (including phenoxy) is 2. The quantitative estimate of drug-likeness (QED) is 0.328. The van der Waals surface area contributed by atoms with E-state index in [1.165, 1.54) is 18.4 Å². The number of aryl methyl sites for hydroxylation is 1. The molecule has 44 heavy (non-hydrogen) atoms. The topological polar surface area (TPSA) is 103 Å². The minimum atomic E-state index is -0.325. The number of nitrogens with two attached hydrogens (primary N) is 1. The number of carbonyl (C=O) groups is 1. The van der Waals surface area contributed by atoms with E-state index in [1.807, 2.05) is 21.4 Å². The standard InChI is InChI=1S/C34H39N7O3/c1-19(17-38-8-10-44-11-9-38)26-7-6-22-12-27(39(32(22)36-26)18-21-4-5-21)30-20(2)40-28(37-30)13-23(14-29(40)43-3)33(42)41-24-15-25-31(41)34(25,35)16-24/h6-7,12-14,19,21,24H,4-5,8-11,15-18,35H2,1-3H3/t19?,24-,34+/m0/s1. The molecule has 6 aliphatic rings. The van der Waals surface area contributed by atoms with Gasteiger partial charge in [-0.15, -0.1) is 0 Å². The van der Waals surface area contributed by atoms with E-state index in [-0.39, 0.29) is 17.5 Å². The average Bonchev–Trinajstić information content (AvgIpc) is 3.59. The van der Waals surface area contributed by atoms with Crippen molar-refractivity contribution < 1.29 is 14.3 Å². The maximum Gasteiger partial charge on any atom is 0.258 e. The van der Waals surface area contributed by atoms with Crippen molar-refractivity contribution in [2.75, 3.05) is 40.0 Å². The number of methoxy groups -OCH3 is 1. The lowest BCUT2D eigenvalue weighted by molar-refractivity contribution is 0.0356. The van der Waals surface area contributed by atoms with Gasteiger partial charge in [0.05, 0.1) is 37.3 Å². The van der Waals surface area contributed by atoms with E-state index < -0.39 is 0 Å². The highest BCUT2D eigenvalue weighted by atomic mass is 16.5. The van der Waals surface area contributed by atoms with Crippen LogP contribution in [0.3, 0.4) is 0 Å². The van der Waals surface area contributed by atoms with E-state index in [0.717, 1.165) is 91.7 Å². The van der Waals surface area contributed by atoms with Gasteiger partial charge in [-0.1, -0.05) is 6.92 Å². The highest BCUT2D eigenvalue weighted by Gasteiger charge is 2.68. The fourth-order valence-electron chi connectivity index (χ4n) is 8.10. The molecule has 7 heterocycles. The molecular formula is C34H39N7O3. The van der Waals surface area contributed by atoms with Crippen molar-refractivity contribution in [3.8, 4) is 17.3 Å². The van der Waals surface area contributed by atoms with Gasteiger partial charge in [-0.2, -0.15) is 0 Å². The fourth-order valence-corrected chi connectivity index (χ4v) is 8.10. The zero-order valence-corrected chi connectivity index (χ0v) is 25.7. The monoisotopic (exact) mass is 593 g/mol. The van der Waals surface area contributed by atoms with Gasteiger partial charge in [0, 0.05) is 66.5 Å². The second kappa shape index (κ2) is 9.39. The molecule has 4 bridgehead atoms. The van der Waals surface area contributed by atoms with E-state index in [4.69, 9.17) is 25.2 Å². The van der Waals surface area contributed by atoms with Crippen molar-refractivity contribution in [2.45, 2.75) is 63.6 Å². The Morgan fingerprint density at radius 1 is 1.18 bits per heavy atom. The van der Waals surface area contributed by atoms with Crippen molar-refractivity contribution in [1.82, 2.24) is 28.7 Å². The molecule has 10 nitrogen and oxygen atoms in total. The predicted molar refractivity (Wildman–Crippen MR) is 167 cm³/mol. The Bertz CT molecular complexity index is 1900. The molecule has 10 rings (SSSR count). The molecule has 4 fully saturated rings. The van der Waals surface area contributed by atoms with Crippen LogP contribution in [0, 0.1) is 12.8 Å². The second-order valence-corrected chi connectivity index (χ2v) is 13.6. The lowest BCUT2D eigenvalue weighted by Gasteiger charge is -2.29. The summed E-state index contributed by atoms with van der Waals surface area (Å²) in [5.41, 5.74) is 14.9. The number of imidazole rings is 1. The molecule has 0 aromatic carbocycles. The van der Waals surface area contributed by atoms with E-state index in [9.17, 15) is 4.79 Å². The van der Waals surface area contributed by atoms with E-state index in [1.54, 1.807) is 7.11 Å². The van der Waals surface area contributed by atoms with E-state index in [0.29, 0.717) is 28.9 Å². The number of pyridine rings is 2. The zero-order valence-electron chi connectivity index (χ0n) is 25.7. The summed E-state index contributed by atoms with van der Waals surface area (Å²) >= 11 is 0. The molecule has 4 aromatic heterocycles. The highest BCUT2D eigenvalue weighted by Crippen LogP contribution is 2.64. The van der Waals surface area contributed by atoms with Gasteiger partial charge >= 0.3 is 0 Å². The van der Waals surface area contributed by atoms with Gasteiger partial charge in [0.15, 0.2) is 5.88 Å². The minimum absolute atomic E-state index is 0.0152. The first-order valence-corrected chi connectivity index (χ1v) is 16.1. The van der Waals surface area contributed by atoms with Gasteiger partial charge in [0.2, 0.25) is 0 Å². The van der Waals surface area contributed by atoms with Gasteiger partial charge in [0.1, 0.15) is 17.0 Å². The summed E-state index contributed by atoms with van der Waals surface area (Å²) < 4.78 is 15.8. The fraction of sp³-hybridized carbons (Fsp3) is 0.500. The van der Waals surface area contributed by atoms with Crippen molar-refractivity contribution >= 4 is 22.6 Å². The molecule has 0 spiro atoms. The number of hydrogen-bond donors (Lipinski definition) is 1. The third-order valence-electron chi connectivity index (χ3n) is 10.7. The first kappa shape index (κ1) is 26.7. The number of piperidine rings is 1. The Hall–Kier alpha value is -3.73. The molecular weight excluding hydrogens is 554 g/mol. The third-order valence-corrected chi connectivity index (χ3v) is 10.7. The molecule has 1 unspecified atom stereocenters. The SMILES string of the molecule is COc1cc(C(=O)N2C3=C4C[C@H]2C[C@@]43N)cc2nc(-c3cc4ccc(C(C)CN5CCOCC5)nc4n3CC3CC3)c(C)n12. The smallest absolute Gasteiger partial charge is 0.258 e. The second-order valence-electron chi connectivity index (χ2n) is 13.6. The average molecular weight is 594 g/mol. The summed E-state index contributed by atoms with van der Waals surface area (Å²) in [6.45, 7) is 9.82. The van der Waals surface area contributed by atoms with Crippen LogP contribution in [0.15, 0.2) is 41.6 Å². The zero-order chi connectivity index (χ0) is 29.9. The van der Waals surface area contributed by atoms with Crippen LogP contribution in [-0.4, -0.2) is 86.2 Å². The number of carbonyl (C=O) groups excluding carboxylic acids is 1. The maximum absolute atomic E-state index is 13.8. The molecule has 2 N–H and O–H groups in total. The number of hydrogen-bond acceptors (Lipinski definition) is 7. The number of aromatic nitrogens is 4. The summed E-state index contributed by atoms with van der Waals surface area (Å²) in [5.74, 6) is 1.57. The normalized spacial score (nSPS) is 25.1. The summed E-state index contributed by atoms with van der Waals surface area (Å²) in [4.78, 5) is 28.6. The number of morpholine rings is 1. The molecule has 0 radical (unpaired) electrons. The van der Waals surface area contributed by atoms with Gasteiger partial charge < -0.3 is 24.7 Å². The number of fused-ring (bicyclic) bond motifs is 2. The molecule has 228 valence electrons. The van der Waals surface area contributed by atoms with Crippen LogP contribution in [0.2, 0.25) is 0 Å². The number of rotatable bonds is 8. The van der Waals surface area contributed by atoms with E-state index in [2.05, 4.69) is 41.5 Å². The molecule has 2 saturated carbocycles. The third kappa shape index (κ3) is 3.87. The van der Waals surface area contributed by atoms with Crippen LogP contribution in [0.1, 0.15) is 60.3 Å². The van der Waals surface area contributed by atoms with Crippen molar-refractivity contribution in [3.05, 3.63) is 58.6 Å². The molecule has 1 amide bonds. The molecule has 4 aromatic rings. The van der Waals surface area contributed by atoms with Crippen molar-refractivity contribution in [1.29, 1.82) is 0 Å². The molecule has 3 atom stereocenters. The summed E-state index contributed by atoms with van der Waals surface area (Å²) in [6.07, 6.45) is 4.25. The van der Waals surface area contributed by atoms with Crippen LogP contribution >= 0.6 is 0 Å². The Balaban J connectivity index is 1.10. The number of amides is 1. The van der Waals surface area contributed by atoms with Crippen LogP contribution in [0.4, 0.5) is 0 Å². The Morgan fingerprint density at radius 2 is 2.00 bits per heavy atom. The van der Waals surface area contributed by atoms with Crippen LogP contribution in [0.5, 0.6) is 5.88 Å². The largest absolute Gasteiger partial charge is 0.482 e. The number of nitrogens with zero attached hydrogens (tertiary/aromatic N) is 6. The summed E-state index contributed by atoms with van der Waals surface area (Å²) in [7, 11) is 1.65. The van der Waals surface area contributed by atoms with Crippen molar-refractivity contribution in [2.24, 2.45) is 11.7 Å². The van der Waals surface area contributed by atoms with Gasteiger partial charge in [0.25, 0.3) is 5.91 Å². The first-order chi connectivity index (χ1) is 21.3. The van der Waals surface area contributed by atoms with Gasteiger partial charge in [-0.25, -0.2) is 9.97 Å². The molecule has 3 aliphatic carbocycles. The Labute approximate surface area is 256 Å². The van der Waals surface area contributed by atoms with Crippen molar-refractivity contribution in [3.63, 3.8) is 0 Å². The van der Waals surface area contributed by atoms with Crippen LogP contribution < -0.4 is 10.5 Å². The maximum atomic E-state index is 13.8. The Morgan fingerprint density at radius 3 is 2.68 bits per heavy atom. The van der Waals surface area contributed by atoms with Gasteiger partial charge in [-0.05, 0) is 68.4 Å². The van der Waals surface area contributed by atoms with E-state index >= 15 is 0 Å². The summed E-state index contributed by atoms with van der Waals surface area (Å²) in [5, 5.41) is 1.12. The molecule has 3 aliphatic heterocycles. The van der Waals surface area contributed by atoms with Gasteiger partial charge in [-0.3, -0.25) is 14.1 Å². The molecule has 2 saturated heterocycles. The van der Waals surface area contributed by atoms with Crippen LogP contribution in [0.25, 0.3) is 28.1 Å². The molecule has 10 heteroatoms. The highest BCUT2D eigenvalue weighted by molar-refractivity contribution is 6.00. The lowest BCUT2D eigenvalue weighted by atomic mass is 10.1. The minimum Gasteiger partial charge on any atom is -0.482 e. The van der Waals surface area contributed by atoms with Crippen LogP contribution in [-0.2, 0) is 11.3 Å². The lowest BCUT2D eigenvalue weighted by Crippen LogP contribution is -2.38. The predicted octanol–water partition coefficient (Wildman–Crippen LogP) is 4.10. The summed E-state index contributed by atoms with van der Waals surface area (Å²) in [6, 6.07) is 10.6.